The molecule has 0 atom stereocenters. The standard InChI is InChI=1S/C11H12N2OS/c1-12-9-5-10(7-13-6-9)14-8-11-3-2-4-15-11/h2-7,12H,8H2,1H3. The van der Waals surface area contributed by atoms with E-state index >= 15 is 0 Å². The highest BCUT2D eigenvalue weighted by molar-refractivity contribution is 7.09. The highest BCUT2D eigenvalue weighted by atomic mass is 32.1. The Kier molecular flexibility index (Phi) is 3.19. The van der Waals surface area contributed by atoms with Crippen molar-refractivity contribution in [2.45, 2.75) is 6.61 Å². The largest absolute Gasteiger partial charge is 0.486 e. The Hall–Kier alpha value is -1.55. The van der Waals surface area contributed by atoms with Crippen LogP contribution in [-0.2, 0) is 6.61 Å². The minimum Gasteiger partial charge on any atom is -0.486 e. The van der Waals surface area contributed by atoms with E-state index in [2.05, 4.69) is 16.4 Å². The summed E-state index contributed by atoms with van der Waals surface area (Å²) in [6.07, 6.45) is 3.48. The van der Waals surface area contributed by atoms with Crippen LogP contribution in [0.2, 0.25) is 0 Å². The molecular formula is C11H12N2OS. The van der Waals surface area contributed by atoms with Gasteiger partial charge >= 0.3 is 0 Å². The lowest BCUT2D eigenvalue weighted by molar-refractivity contribution is 0.309. The molecule has 0 unspecified atom stereocenters. The number of thiophene rings is 1. The first-order valence-electron chi connectivity index (χ1n) is 4.66. The van der Waals surface area contributed by atoms with Gasteiger partial charge in [-0.15, -0.1) is 11.3 Å². The summed E-state index contributed by atoms with van der Waals surface area (Å²) < 4.78 is 5.60. The molecule has 2 rings (SSSR count). The van der Waals surface area contributed by atoms with E-state index in [4.69, 9.17) is 4.74 Å². The fourth-order valence-electron chi connectivity index (χ4n) is 1.18. The first-order chi connectivity index (χ1) is 7.38. The van der Waals surface area contributed by atoms with Crippen LogP contribution in [0.3, 0.4) is 0 Å². The normalized spacial score (nSPS) is 9.93. The molecule has 1 N–H and O–H groups in total. The second kappa shape index (κ2) is 4.79. The van der Waals surface area contributed by atoms with Crippen molar-refractivity contribution in [2.24, 2.45) is 0 Å². The summed E-state index contributed by atoms with van der Waals surface area (Å²) in [4.78, 5) is 5.28. The Morgan fingerprint density at radius 1 is 1.47 bits per heavy atom. The lowest BCUT2D eigenvalue weighted by atomic mass is 10.4. The number of hydrogen-bond acceptors (Lipinski definition) is 4. The van der Waals surface area contributed by atoms with E-state index in [1.165, 1.54) is 4.88 Å². The van der Waals surface area contributed by atoms with Crippen LogP contribution in [0.5, 0.6) is 5.75 Å². The summed E-state index contributed by atoms with van der Waals surface area (Å²) in [6, 6.07) is 6.01. The number of pyridine rings is 1. The zero-order valence-corrected chi connectivity index (χ0v) is 9.25. The molecule has 4 heteroatoms. The molecule has 78 valence electrons. The van der Waals surface area contributed by atoms with Crippen LogP contribution in [0.25, 0.3) is 0 Å². The van der Waals surface area contributed by atoms with E-state index in [0.29, 0.717) is 6.61 Å². The number of nitrogens with zero attached hydrogens (tertiary/aromatic N) is 1. The fourth-order valence-corrected chi connectivity index (χ4v) is 1.80. The van der Waals surface area contributed by atoms with Gasteiger partial charge in [-0.25, -0.2) is 0 Å². The van der Waals surface area contributed by atoms with Crippen molar-refractivity contribution < 1.29 is 4.74 Å². The summed E-state index contributed by atoms with van der Waals surface area (Å²) in [6.45, 7) is 0.604. The lowest BCUT2D eigenvalue weighted by Crippen LogP contribution is -1.95. The number of aromatic nitrogens is 1. The third-order valence-corrected chi connectivity index (χ3v) is 2.81. The van der Waals surface area contributed by atoms with Gasteiger partial charge in [0.2, 0.25) is 0 Å². The zero-order chi connectivity index (χ0) is 10.5. The minimum absolute atomic E-state index is 0.604. The van der Waals surface area contributed by atoms with Gasteiger partial charge in [0, 0.05) is 18.0 Å². The molecule has 15 heavy (non-hydrogen) atoms. The maximum absolute atomic E-state index is 5.60. The molecule has 0 bridgehead atoms. The van der Waals surface area contributed by atoms with Gasteiger partial charge in [-0.2, -0.15) is 0 Å². The van der Waals surface area contributed by atoms with Crippen molar-refractivity contribution in [3.8, 4) is 5.75 Å². The van der Waals surface area contributed by atoms with Crippen LogP contribution in [-0.4, -0.2) is 12.0 Å². The monoisotopic (exact) mass is 220 g/mol. The van der Waals surface area contributed by atoms with Crippen LogP contribution >= 0.6 is 11.3 Å². The maximum Gasteiger partial charge on any atom is 0.140 e. The van der Waals surface area contributed by atoms with Crippen molar-refractivity contribution in [1.82, 2.24) is 4.98 Å². The molecule has 0 aromatic carbocycles. The Balaban J connectivity index is 1.98. The molecule has 0 aliphatic rings. The van der Waals surface area contributed by atoms with E-state index in [0.717, 1.165) is 11.4 Å². The number of hydrogen-bond donors (Lipinski definition) is 1. The van der Waals surface area contributed by atoms with Gasteiger partial charge < -0.3 is 10.1 Å². The first-order valence-corrected chi connectivity index (χ1v) is 5.54. The van der Waals surface area contributed by atoms with E-state index in [-0.39, 0.29) is 0 Å². The predicted octanol–water partition coefficient (Wildman–Crippen LogP) is 2.76. The van der Waals surface area contributed by atoms with Crippen LogP contribution in [0.15, 0.2) is 36.0 Å². The van der Waals surface area contributed by atoms with Gasteiger partial charge in [0.15, 0.2) is 0 Å². The molecule has 0 saturated carbocycles. The Morgan fingerprint density at radius 2 is 2.40 bits per heavy atom. The number of rotatable bonds is 4. The second-order valence-corrected chi connectivity index (χ2v) is 4.06. The van der Waals surface area contributed by atoms with Crippen molar-refractivity contribution in [3.05, 3.63) is 40.8 Å². The smallest absolute Gasteiger partial charge is 0.140 e. The van der Waals surface area contributed by atoms with E-state index in [9.17, 15) is 0 Å². The zero-order valence-electron chi connectivity index (χ0n) is 8.43. The van der Waals surface area contributed by atoms with Crippen molar-refractivity contribution in [3.63, 3.8) is 0 Å². The van der Waals surface area contributed by atoms with Crippen LogP contribution in [0.1, 0.15) is 4.88 Å². The molecule has 0 radical (unpaired) electrons. The summed E-state index contributed by atoms with van der Waals surface area (Å²) in [5.41, 5.74) is 0.957. The average Bonchev–Trinajstić information content (AvgIpc) is 2.79. The molecule has 2 heterocycles. The first kappa shape index (κ1) is 9.98. The van der Waals surface area contributed by atoms with Gasteiger partial charge in [-0.1, -0.05) is 6.07 Å². The molecule has 0 fully saturated rings. The van der Waals surface area contributed by atoms with Crippen molar-refractivity contribution in [2.75, 3.05) is 12.4 Å². The fraction of sp³-hybridized carbons (Fsp3) is 0.182. The average molecular weight is 220 g/mol. The van der Waals surface area contributed by atoms with Crippen LogP contribution in [0.4, 0.5) is 5.69 Å². The molecule has 2 aromatic heterocycles. The third-order valence-electron chi connectivity index (χ3n) is 1.96. The van der Waals surface area contributed by atoms with Crippen molar-refractivity contribution in [1.29, 1.82) is 0 Å². The summed E-state index contributed by atoms with van der Waals surface area (Å²) in [5, 5.41) is 5.06. The molecular weight excluding hydrogens is 208 g/mol. The van der Waals surface area contributed by atoms with Crippen LogP contribution in [0, 0.1) is 0 Å². The molecule has 2 aromatic rings. The van der Waals surface area contributed by atoms with E-state index in [1.54, 1.807) is 23.7 Å². The van der Waals surface area contributed by atoms with E-state index in [1.807, 2.05) is 24.6 Å². The minimum atomic E-state index is 0.604. The third kappa shape index (κ3) is 2.70. The molecule has 0 spiro atoms. The van der Waals surface area contributed by atoms with Crippen LogP contribution < -0.4 is 10.1 Å². The van der Waals surface area contributed by atoms with Gasteiger partial charge in [0.05, 0.1) is 18.1 Å². The quantitative estimate of drug-likeness (QED) is 0.860. The Labute approximate surface area is 92.7 Å². The van der Waals surface area contributed by atoms with Gasteiger partial charge in [0.25, 0.3) is 0 Å². The van der Waals surface area contributed by atoms with Gasteiger partial charge in [-0.3, -0.25) is 4.98 Å². The predicted molar refractivity (Wildman–Crippen MR) is 62.4 cm³/mol. The Morgan fingerprint density at radius 3 is 3.13 bits per heavy atom. The second-order valence-electron chi connectivity index (χ2n) is 3.03. The number of nitrogens with one attached hydrogen (secondary N) is 1. The molecule has 0 aliphatic carbocycles. The SMILES string of the molecule is CNc1cncc(OCc2cccs2)c1. The Bertz CT molecular complexity index is 414. The number of anilines is 1. The highest BCUT2D eigenvalue weighted by Crippen LogP contribution is 2.17. The molecule has 0 saturated heterocycles. The number of ether oxygens (including phenoxy) is 1. The summed E-state index contributed by atoms with van der Waals surface area (Å²) in [5.74, 6) is 0.787. The summed E-state index contributed by atoms with van der Waals surface area (Å²) >= 11 is 1.69. The van der Waals surface area contributed by atoms with Crippen molar-refractivity contribution >= 4 is 17.0 Å². The molecule has 3 nitrogen and oxygen atoms in total. The van der Waals surface area contributed by atoms with Gasteiger partial charge in [-0.05, 0) is 11.4 Å². The molecule has 0 aliphatic heterocycles. The maximum atomic E-state index is 5.60. The highest BCUT2D eigenvalue weighted by Gasteiger charge is 1.98. The molecule has 0 amide bonds. The summed E-state index contributed by atoms with van der Waals surface area (Å²) in [7, 11) is 1.86. The topological polar surface area (TPSA) is 34.2 Å². The van der Waals surface area contributed by atoms with E-state index < -0.39 is 0 Å². The van der Waals surface area contributed by atoms with Gasteiger partial charge in [0.1, 0.15) is 12.4 Å². The lowest BCUT2D eigenvalue weighted by Gasteiger charge is -2.05.